The minimum absolute atomic E-state index is 0.233. The Labute approximate surface area is 113 Å². The van der Waals surface area contributed by atoms with Gasteiger partial charge in [0.15, 0.2) is 6.29 Å². The van der Waals surface area contributed by atoms with Gasteiger partial charge >= 0.3 is 5.97 Å². The number of aliphatic carboxylic acids is 1. The number of hydrogen-bond donors (Lipinski definition) is 2. The van der Waals surface area contributed by atoms with Gasteiger partial charge in [0, 0.05) is 14.2 Å². The Morgan fingerprint density at radius 1 is 1.21 bits per heavy atom. The quantitative estimate of drug-likeness (QED) is 0.701. The number of carbonyl (C=O) groups is 2. The normalized spacial score (nSPS) is 28.4. The summed E-state index contributed by atoms with van der Waals surface area (Å²) >= 11 is 0. The van der Waals surface area contributed by atoms with E-state index in [9.17, 15) is 9.59 Å². The topological polar surface area (TPSA) is 84.9 Å². The van der Waals surface area contributed by atoms with E-state index in [2.05, 4.69) is 5.32 Å². The molecule has 0 saturated heterocycles. The molecule has 0 bridgehead atoms. The summed E-state index contributed by atoms with van der Waals surface area (Å²) < 4.78 is 10.1. The largest absolute Gasteiger partial charge is 0.481 e. The second kappa shape index (κ2) is 6.86. The van der Waals surface area contributed by atoms with Gasteiger partial charge in [0.25, 0.3) is 0 Å². The molecule has 0 radical (unpaired) electrons. The lowest BCUT2D eigenvalue weighted by Crippen LogP contribution is -2.46. The maximum absolute atomic E-state index is 12.2. The molecule has 6 heteroatoms. The first-order valence-electron chi connectivity index (χ1n) is 6.49. The van der Waals surface area contributed by atoms with Gasteiger partial charge in [0.1, 0.15) is 0 Å². The zero-order chi connectivity index (χ0) is 14.6. The highest BCUT2D eigenvalue weighted by Crippen LogP contribution is 2.36. The summed E-state index contributed by atoms with van der Waals surface area (Å²) in [5.74, 6) is -1.93. The zero-order valence-corrected chi connectivity index (χ0v) is 11.9. The van der Waals surface area contributed by atoms with Crippen LogP contribution in [0, 0.1) is 17.8 Å². The molecule has 1 rings (SSSR count). The Morgan fingerprint density at radius 3 is 2.21 bits per heavy atom. The van der Waals surface area contributed by atoms with Crippen LogP contribution in [0.5, 0.6) is 0 Å². The average molecular weight is 273 g/mol. The van der Waals surface area contributed by atoms with E-state index in [1.165, 1.54) is 14.2 Å². The molecule has 1 aliphatic rings. The summed E-state index contributed by atoms with van der Waals surface area (Å²) in [6.45, 7) is 3.74. The van der Waals surface area contributed by atoms with E-state index in [4.69, 9.17) is 14.6 Å². The predicted molar refractivity (Wildman–Crippen MR) is 68.4 cm³/mol. The Morgan fingerprint density at radius 2 is 1.74 bits per heavy atom. The summed E-state index contributed by atoms with van der Waals surface area (Å²) in [4.78, 5) is 23.3. The van der Waals surface area contributed by atoms with Gasteiger partial charge in [0.05, 0.1) is 17.9 Å². The van der Waals surface area contributed by atoms with Gasteiger partial charge in [-0.1, -0.05) is 6.92 Å². The Balaban J connectivity index is 2.64. The molecule has 0 heterocycles. The molecule has 0 aliphatic heterocycles. The minimum Gasteiger partial charge on any atom is -0.481 e. The van der Waals surface area contributed by atoms with Crippen LogP contribution in [-0.2, 0) is 19.1 Å². The third-order valence-corrected chi connectivity index (χ3v) is 3.70. The second-order valence-electron chi connectivity index (χ2n) is 5.26. The molecule has 4 unspecified atom stereocenters. The van der Waals surface area contributed by atoms with Crippen molar-refractivity contribution in [1.82, 2.24) is 5.32 Å². The Bertz CT molecular complexity index is 329. The van der Waals surface area contributed by atoms with Gasteiger partial charge in [-0.25, -0.2) is 0 Å². The Hall–Kier alpha value is -1.14. The molecule has 0 aromatic rings. The van der Waals surface area contributed by atoms with Crippen LogP contribution in [0.2, 0.25) is 0 Å². The summed E-state index contributed by atoms with van der Waals surface area (Å²) in [7, 11) is 2.99. The van der Waals surface area contributed by atoms with Crippen molar-refractivity contribution in [2.45, 2.75) is 39.0 Å². The molecule has 4 atom stereocenters. The van der Waals surface area contributed by atoms with Crippen LogP contribution in [-0.4, -0.2) is 43.5 Å². The van der Waals surface area contributed by atoms with Crippen LogP contribution in [0.1, 0.15) is 26.7 Å². The fraction of sp³-hybridized carbons (Fsp3) is 0.846. The molecular weight excluding hydrogens is 250 g/mol. The van der Waals surface area contributed by atoms with Crippen LogP contribution in [0.3, 0.4) is 0 Å². The molecule has 0 aromatic heterocycles. The lowest BCUT2D eigenvalue weighted by molar-refractivity contribution is -0.148. The monoisotopic (exact) mass is 273 g/mol. The van der Waals surface area contributed by atoms with Gasteiger partial charge in [0.2, 0.25) is 5.91 Å². The molecule has 1 aliphatic carbocycles. The van der Waals surface area contributed by atoms with Crippen LogP contribution >= 0.6 is 0 Å². The molecule has 6 nitrogen and oxygen atoms in total. The highest BCUT2D eigenvalue weighted by molar-refractivity contribution is 5.85. The number of nitrogens with one attached hydrogen (secondary N) is 1. The van der Waals surface area contributed by atoms with Gasteiger partial charge in [-0.3, -0.25) is 9.59 Å². The van der Waals surface area contributed by atoms with Crippen molar-refractivity contribution in [1.29, 1.82) is 0 Å². The average Bonchev–Trinajstić information content (AvgIpc) is 2.73. The lowest BCUT2D eigenvalue weighted by atomic mass is 9.95. The fourth-order valence-corrected chi connectivity index (χ4v) is 2.76. The van der Waals surface area contributed by atoms with Gasteiger partial charge in [-0.2, -0.15) is 0 Å². The standard InChI is InChI=1S/C13H23NO5/c1-7-5-9(10(6-7)12(16)17)11(15)14-8(2)13(18-3)19-4/h7-10,13H,5-6H2,1-4H3,(H,14,15)(H,16,17). The molecule has 2 N–H and O–H groups in total. The van der Waals surface area contributed by atoms with Crippen LogP contribution in [0.4, 0.5) is 0 Å². The third kappa shape index (κ3) is 3.91. The highest BCUT2D eigenvalue weighted by Gasteiger charge is 2.41. The molecule has 110 valence electrons. The van der Waals surface area contributed by atoms with Crippen molar-refractivity contribution in [3.63, 3.8) is 0 Å². The van der Waals surface area contributed by atoms with Crippen molar-refractivity contribution >= 4 is 11.9 Å². The molecule has 1 amide bonds. The number of rotatable bonds is 6. The van der Waals surface area contributed by atoms with Crippen LogP contribution < -0.4 is 5.32 Å². The van der Waals surface area contributed by atoms with E-state index < -0.39 is 24.1 Å². The maximum Gasteiger partial charge on any atom is 0.307 e. The second-order valence-corrected chi connectivity index (χ2v) is 5.26. The number of methoxy groups -OCH3 is 2. The van der Waals surface area contributed by atoms with Gasteiger partial charge < -0.3 is 19.9 Å². The van der Waals surface area contributed by atoms with E-state index in [0.29, 0.717) is 12.8 Å². The molecule has 1 fully saturated rings. The lowest BCUT2D eigenvalue weighted by Gasteiger charge is -2.24. The molecule has 1 saturated carbocycles. The summed E-state index contributed by atoms with van der Waals surface area (Å²) in [6, 6.07) is -0.326. The van der Waals surface area contributed by atoms with Crippen molar-refractivity contribution in [3.05, 3.63) is 0 Å². The van der Waals surface area contributed by atoms with Gasteiger partial charge in [-0.05, 0) is 25.7 Å². The van der Waals surface area contributed by atoms with Crippen molar-refractivity contribution in [2.75, 3.05) is 14.2 Å². The maximum atomic E-state index is 12.2. The predicted octanol–water partition coefficient (Wildman–Crippen LogP) is 0.857. The minimum atomic E-state index is -0.896. The number of carboxylic acid groups (broad SMARTS) is 1. The molecule has 0 spiro atoms. The first-order valence-corrected chi connectivity index (χ1v) is 6.49. The van der Waals surface area contributed by atoms with Crippen LogP contribution in [0.15, 0.2) is 0 Å². The van der Waals surface area contributed by atoms with Crippen molar-refractivity contribution in [2.24, 2.45) is 17.8 Å². The fourth-order valence-electron chi connectivity index (χ4n) is 2.76. The smallest absolute Gasteiger partial charge is 0.307 e. The Kier molecular flexibility index (Phi) is 5.75. The van der Waals surface area contributed by atoms with Crippen molar-refractivity contribution in [3.8, 4) is 0 Å². The van der Waals surface area contributed by atoms with E-state index in [1.807, 2.05) is 6.92 Å². The number of ether oxygens (including phenoxy) is 2. The summed E-state index contributed by atoms with van der Waals surface area (Å²) in [6.07, 6.45) is 0.631. The zero-order valence-electron chi connectivity index (χ0n) is 11.9. The third-order valence-electron chi connectivity index (χ3n) is 3.70. The number of carbonyl (C=O) groups excluding carboxylic acids is 1. The van der Waals surface area contributed by atoms with Gasteiger partial charge in [-0.15, -0.1) is 0 Å². The molecule has 19 heavy (non-hydrogen) atoms. The first-order chi connectivity index (χ1) is 8.90. The van der Waals surface area contributed by atoms with Crippen molar-refractivity contribution < 1.29 is 24.2 Å². The van der Waals surface area contributed by atoms with E-state index in [-0.39, 0.29) is 17.9 Å². The SMILES string of the molecule is COC(OC)C(C)NC(=O)C1CC(C)CC1C(=O)O. The highest BCUT2D eigenvalue weighted by atomic mass is 16.7. The van der Waals surface area contributed by atoms with Crippen LogP contribution in [0.25, 0.3) is 0 Å². The number of hydrogen-bond acceptors (Lipinski definition) is 4. The number of carboxylic acids is 1. The van der Waals surface area contributed by atoms with E-state index in [0.717, 1.165) is 0 Å². The molecular formula is C13H23NO5. The first kappa shape index (κ1) is 15.9. The van der Waals surface area contributed by atoms with E-state index >= 15 is 0 Å². The van der Waals surface area contributed by atoms with E-state index in [1.54, 1.807) is 6.92 Å². The summed E-state index contributed by atoms with van der Waals surface area (Å²) in [5.41, 5.74) is 0. The molecule has 0 aromatic carbocycles. The number of amides is 1. The summed E-state index contributed by atoms with van der Waals surface area (Å²) in [5, 5.41) is 11.9.